The van der Waals surface area contributed by atoms with E-state index in [1.54, 1.807) is 6.33 Å². The van der Waals surface area contributed by atoms with Crippen molar-refractivity contribution in [1.82, 2.24) is 9.97 Å². The molecule has 2 atom stereocenters. The van der Waals surface area contributed by atoms with Gasteiger partial charge in [-0.05, 0) is 12.3 Å². The first-order chi connectivity index (χ1) is 11.2. The van der Waals surface area contributed by atoms with Crippen LogP contribution < -0.4 is 9.80 Å². The predicted molar refractivity (Wildman–Crippen MR) is 86.6 cm³/mol. The molecule has 2 unspecified atom stereocenters. The lowest BCUT2D eigenvalue weighted by Gasteiger charge is -2.36. The molecule has 2 aliphatic rings. The maximum Gasteiger partial charge on any atom is 0.309 e. The largest absolute Gasteiger partial charge is 0.469 e. The highest BCUT2D eigenvalue weighted by Gasteiger charge is 2.32. The topological polar surface area (TPSA) is 67.8 Å². The van der Waals surface area contributed by atoms with E-state index in [-0.39, 0.29) is 17.8 Å². The summed E-state index contributed by atoms with van der Waals surface area (Å²) in [5.74, 6) is 2.00. The summed E-state index contributed by atoms with van der Waals surface area (Å²) in [6, 6.07) is 2.04. The van der Waals surface area contributed by atoms with Crippen LogP contribution in [-0.4, -0.2) is 62.4 Å². The van der Waals surface area contributed by atoms with Crippen LogP contribution in [0.15, 0.2) is 12.4 Å². The minimum absolute atomic E-state index is 0.0169. The monoisotopic (exact) mass is 320 g/mol. The van der Waals surface area contributed by atoms with Crippen LogP contribution in [0, 0.1) is 11.8 Å². The minimum atomic E-state index is -0.103. The van der Waals surface area contributed by atoms with Crippen molar-refractivity contribution in [2.75, 3.05) is 56.3 Å². The molecule has 3 heterocycles. The van der Waals surface area contributed by atoms with E-state index in [1.807, 2.05) is 6.07 Å². The third-order valence-electron chi connectivity index (χ3n) is 4.71. The molecule has 2 fully saturated rings. The summed E-state index contributed by atoms with van der Waals surface area (Å²) in [6.07, 6.45) is 2.42. The number of nitrogens with zero attached hydrogens (tertiary/aromatic N) is 4. The van der Waals surface area contributed by atoms with Gasteiger partial charge in [0.15, 0.2) is 0 Å². The third-order valence-corrected chi connectivity index (χ3v) is 4.71. The van der Waals surface area contributed by atoms with E-state index in [0.29, 0.717) is 0 Å². The van der Waals surface area contributed by atoms with Gasteiger partial charge in [-0.3, -0.25) is 4.79 Å². The number of piperidine rings is 1. The zero-order valence-electron chi connectivity index (χ0n) is 13.8. The molecule has 0 aromatic carbocycles. The van der Waals surface area contributed by atoms with Gasteiger partial charge in [-0.1, -0.05) is 6.92 Å². The fourth-order valence-corrected chi connectivity index (χ4v) is 3.33. The Bertz CT molecular complexity index is 548. The average Bonchev–Trinajstić information content (AvgIpc) is 2.62. The van der Waals surface area contributed by atoms with Crippen LogP contribution in [0.5, 0.6) is 0 Å². The van der Waals surface area contributed by atoms with Gasteiger partial charge in [0.25, 0.3) is 0 Å². The first-order valence-corrected chi connectivity index (χ1v) is 8.16. The molecule has 0 N–H and O–H groups in total. The predicted octanol–water partition coefficient (Wildman–Crippen LogP) is 0.949. The number of carbonyl (C=O) groups excluding carboxylic acids is 1. The van der Waals surface area contributed by atoms with Crippen molar-refractivity contribution >= 4 is 17.6 Å². The quantitative estimate of drug-likeness (QED) is 0.768. The molecule has 7 nitrogen and oxygen atoms in total. The van der Waals surface area contributed by atoms with Gasteiger partial charge >= 0.3 is 5.97 Å². The Kier molecular flexibility index (Phi) is 4.95. The van der Waals surface area contributed by atoms with Crippen molar-refractivity contribution < 1.29 is 14.3 Å². The lowest BCUT2D eigenvalue weighted by Crippen LogP contribution is -2.43. The summed E-state index contributed by atoms with van der Waals surface area (Å²) < 4.78 is 10.3. The van der Waals surface area contributed by atoms with E-state index in [2.05, 4.69) is 26.7 Å². The summed E-state index contributed by atoms with van der Waals surface area (Å²) in [5.41, 5.74) is 0. The molecule has 0 amide bonds. The lowest BCUT2D eigenvalue weighted by atomic mass is 9.87. The van der Waals surface area contributed by atoms with Gasteiger partial charge in [-0.25, -0.2) is 9.97 Å². The molecule has 126 valence electrons. The van der Waals surface area contributed by atoms with Crippen molar-refractivity contribution in [2.45, 2.75) is 13.3 Å². The van der Waals surface area contributed by atoms with Gasteiger partial charge in [0.05, 0.1) is 26.2 Å². The summed E-state index contributed by atoms with van der Waals surface area (Å²) in [5, 5.41) is 0. The second-order valence-corrected chi connectivity index (χ2v) is 6.18. The highest BCUT2D eigenvalue weighted by molar-refractivity contribution is 5.73. The number of morpholine rings is 1. The molecule has 1 aromatic rings. The van der Waals surface area contributed by atoms with Crippen molar-refractivity contribution in [3.8, 4) is 0 Å². The Hall–Kier alpha value is -1.89. The highest BCUT2D eigenvalue weighted by Crippen LogP contribution is 2.28. The van der Waals surface area contributed by atoms with E-state index >= 15 is 0 Å². The second kappa shape index (κ2) is 7.12. The molecule has 0 radical (unpaired) electrons. The Morgan fingerprint density at radius 3 is 2.57 bits per heavy atom. The minimum Gasteiger partial charge on any atom is -0.469 e. The smallest absolute Gasteiger partial charge is 0.309 e. The maximum atomic E-state index is 11.8. The van der Waals surface area contributed by atoms with Gasteiger partial charge in [0.2, 0.25) is 0 Å². The molecule has 3 rings (SSSR count). The molecule has 0 spiro atoms. The van der Waals surface area contributed by atoms with Crippen LogP contribution in [0.3, 0.4) is 0 Å². The summed E-state index contributed by atoms with van der Waals surface area (Å²) in [6.45, 7) is 6.90. The van der Waals surface area contributed by atoms with Gasteiger partial charge in [-0.15, -0.1) is 0 Å². The summed E-state index contributed by atoms with van der Waals surface area (Å²) >= 11 is 0. The SMILES string of the molecule is COC(=O)C1CCN(c2cc(N3CCOCC3)ncn2)CC1C. The fourth-order valence-electron chi connectivity index (χ4n) is 3.33. The Morgan fingerprint density at radius 2 is 1.91 bits per heavy atom. The molecule has 23 heavy (non-hydrogen) atoms. The normalized spacial score (nSPS) is 25.3. The second-order valence-electron chi connectivity index (χ2n) is 6.18. The molecule has 2 aliphatic heterocycles. The molecule has 2 saturated heterocycles. The van der Waals surface area contributed by atoms with Gasteiger partial charge in [0.1, 0.15) is 18.0 Å². The van der Waals surface area contributed by atoms with E-state index < -0.39 is 0 Å². The highest BCUT2D eigenvalue weighted by atomic mass is 16.5. The molecule has 0 bridgehead atoms. The zero-order valence-corrected chi connectivity index (χ0v) is 13.8. The van der Waals surface area contributed by atoms with Crippen molar-refractivity contribution in [1.29, 1.82) is 0 Å². The van der Waals surface area contributed by atoms with E-state index in [0.717, 1.165) is 57.4 Å². The lowest BCUT2D eigenvalue weighted by molar-refractivity contribution is -0.147. The number of hydrogen-bond donors (Lipinski definition) is 0. The van der Waals surface area contributed by atoms with Crippen LogP contribution >= 0.6 is 0 Å². The van der Waals surface area contributed by atoms with E-state index in [9.17, 15) is 4.79 Å². The summed E-state index contributed by atoms with van der Waals surface area (Å²) in [7, 11) is 1.46. The van der Waals surface area contributed by atoms with Crippen molar-refractivity contribution in [2.24, 2.45) is 11.8 Å². The van der Waals surface area contributed by atoms with Crippen LogP contribution in [0.1, 0.15) is 13.3 Å². The molecule has 1 aromatic heterocycles. The number of anilines is 2. The summed E-state index contributed by atoms with van der Waals surface area (Å²) in [4.78, 5) is 25.1. The molecular weight excluding hydrogens is 296 g/mol. The number of ether oxygens (including phenoxy) is 2. The Balaban J connectivity index is 1.69. The third kappa shape index (κ3) is 3.55. The average molecular weight is 320 g/mol. The van der Waals surface area contributed by atoms with Crippen molar-refractivity contribution in [3.63, 3.8) is 0 Å². The molecular formula is C16H24N4O3. The number of carbonyl (C=O) groups is 1. The van der Waals surface area contributed by atoms with Crippen LogP contribution in [-0.2, 0) is 14.3 Å². The first kappa shape index (κ1) is 16.0. The Labute approximate surface area is 136 Å². The number of rotatable bonds is 3. The number of esters is 1. The van der Waals surface area contributed by atoms with Crippen molar-refractivity contribution in [3.05, 3.63) is 12.4 Å². The van der Waals surface area contributed by atoms with Gasteiger partial charge < -0.3 is 19.3 Å². The molecule has 7 heteroatoms. The van der Waals surface area contributed by atoms with E-state index in [4.69, 9.17) is 9.47 Å². The number of aromatic nitrogens is 2. The van der Waals surface area contributed by atoms with E-state index in [1.165, 1.54) is 7.11 Å². The number of methoxy groups -OCH3 is 1. The molecule has 0 saturated carbocycles. The van der Waals surface area contributed by atoms with Crippen LogP contribution in [0.2, 0.25) is 0 Å². The first-order valence-electron chi connectivity index (χ1n) is 8.16. The van der Waals surface area contributed by atoms with Gasteiger partial charge in [-0.2, -0.15) is 0 Å². The van der Waals surface area contributed by atoms with Gasteiger partial charge in [0, 0.05) is 32.2 Å². The fraction of sp³-hybridized carbons (Fsp3) is 0.688. The zero-order chi connectivity index (χ0) is 16.2. The maximum absolute atomic E-state index is 11.8. The van der Waals surface area contributed by atoms with Crippen LogP contribution in [0.25, 0.3) is 0 Å². The number of hydrogen-bond acceptors (Lipinski definition) is 7. The molecule has 0 aliphatic carbocycles. The Morgan fingerprint density at radius 1 is 1.22 bits per heavy atom. The standard InChI is InChI=1S/C16H24N4O3/c1-12-10-20(4-3-13(12)16(21)22-2)15-9-14(17-11-18-15)19-5-7-23-8-6-19/h9,11-13H,3-8,10H2,1-2H3. The van der Waals surface area contributed by atoms with Crippen LogP contribution in [0.4, 0.5) is 11.6 Å².